The molecule has 2 aliphatic rings. The van der Waals surface area contributed by atoms with Crippen LogP contribution in [0.5, 0.6) is 11.5 Å². The van der Waals surface area contributed by atoms with Gasteiger partial charge in [0.2, 0.25) is 12.7 Å². The maximum absolute atomic E-state index is 11.9. The first-order valence-corrected chi connectivity index (χ1v) is 10.5. The van der Waals surface area contributed by atoms with E-state index in [1.807, 2.05) is 11.0 Å². The lowest BCUT2D eigenvalue weighted by Gasteiger charge is -2.14. The normalized spacial score (nSPS) is 15.6. The van der Waals surface area contributed by atoms with Crippen molar-refractivity contribution in [1.82, 2.24) is 4.90 Å². The summed E-state index contributed by atoms with van der Waals surface area (Å²) in [4.78, 5) is 14.0. The summed E-state index contributed by atoms with van der Waals surface area (Å²) >= 11 is 0. The van der Waals surface area contributed by atoms with Crippen molar-refractivity contribution in [3.63, 3.8) is 0 Å². The van der Waals surface area contributed by atoms with E-state index in [0.717, 1.165) is 43.9 Å². The third-order valence-electron chi connectivity index (χ3n) is 5.50. The summed E-state index contributed by atoms with van der Waals surface area (Å²) in [5.74, 6) is 2.15. The number of likely N-dealkylation sites (tertiary alicyclic amines) is 1. The first kappa shape index (κ1) is 19.1. The van der Waals surface area contributed by atoms with Crippen molar-refractivity contribution in [3.8, 4) is 11.5 Å². The fourth-order valence-corrected chi connectivity index (χ4v) is 3.89. The third kappa shape index (κ3) is 5.93. The van der Waals surface area contributed by atoms with E-state index < -0.39 is 0 Å². The number of aryl methyl sites for hydroxylation is 1. The van der Waals surface area contributed by atoms with Crippen LogP contribution in [0.4, 0.5) is 0 Å². The lowest BCUT2D eigenvalue weighted by Crippen LogP contribution is -2.27. The van der Waals surface area contributed by atoms with Crippen LogP contribution in [0.25, 0.3) is 0 Å². The fraction of sp³-hybridized carbons (Fsp3) is 0.682. The highest BCUT2D eigenvalue weighted by atomic mass is 16.7. The van der Waals surface area contributed by atoms with Gasteiger partial charge in [-0.15, -0.1) is 0 Å². The first-order valence-electron chi connectivity index (χ1n) is 10.5. The number of carbonyl (C=O) groups is 1. The van der Waals surface area contributed by atoms with Gasteiger partial charge in [0.1, 0.15) is 0 Å². The van der Waals surface area contributed by atoms with Crippen molar-refractivity contribution in [2.75, 3.05) is 19.9 Å². The van der Waals surface area contributed by atoms with Crippen LogP contribution in [-0.4, -0.2) is 30.7 Å². The quantitative estimate of drug-likeness (QED) is 0.517. The summed E-state index contributed by atoms with van der Waals surface area (Å²) in [6.45, 7) is 2.33. The van der Waals surface area contributed by atoms with Crippen molar-refractivity contribution in [2.45, 2.75) is 77.0 Å². The number of ether oxygens (including phenoxy) is 2. The van der Waals surface area contributed by atoms with Gasteiger partial charge < -0.3 is 14.4 Å². The first-order chi connectivity index (χ1) is 12.8. The average molecular weight is 360 g/mol. The van der Waals surface area contributed by atoms with E-state index in [2.05, 4.69) is 12.1 Å². The summed E-state index contributed by atoms with van der Waals surface area (Å²) < 4.78 is 10.8. The van der Waals surface area contributed by atoms with Gasteiger partial charge in [-0.05, 0) is 49.8 Å². The molecule has 1 aromatic carbocycles. The predicted molar refractivity (Wildman–Crippen MR) is 104 cm³/mol. The van der Waals surface area contributed by atoms with Gasteiger partial charge in [-0.25, -0.2) is 0 Å². The maximum Gasteiger partial charge on any atom is 0.231 e. The van der Waals surface area contributed by atoms with Crippen LogP contribution in [0.1, 0.15) is 76.2 Å². The Morgan fingerprint density at radius 1 is 0.846 bits per heavy atom. The second-order valence-electron chi connectivity index (χ2n) is 7.60. The maximum atomic E-state index is 11.9. The predicted octanol–water partition coefficient (Wildman–Crippen LogP) is 5.09. The fourth-order valence-electron chi connectivity index (χ4n) is 3.89. The number of benzene rings is 1. The molecule has 0 aliphatic carbocycles. The number of unbranched alkanes of at least 4 members (excludes halogenated alkanes) is 7. The molecule has 4 nitrogen and oxygen atoms in total. The van der Waals surface area contributed by atoms with Crippen molar-refractivity contribution in [2.24, 2.45) is 0 Å². The molecule has 0 aromatic heterocycles. The van der Waals surface area contributed by atoms with Crippen LogP contribution >= 0.6 is 0 Å². The molecular formula is C22H33NO3. The Hall–Kier alpha value is -1.71. The summed E-state index contributed by atoms with van der Waals surface area (Å²) in [6.07, 6.45) is 14.3. The number of carbonyl (C=O) groups excluding carboxylic acids is 1. The number of nitrogens with zero attached hydrogens (tertiary/aromatic N) is 1. The van der Waals surface area contributed by atoms with Crippen LogP contribution in [0, 0.1) is 0 Å². The Balaban J connectivity index is 1.13. The lowest BCUT2D eigenvalue weighted by molar-refractivity contribution is -0.130. The topological polar surface area (TPSA) is 38.8 Å². The van der Waals surface area contributed by atoms with E-state index >= 15 is 0 Å². The second-order valence-corrected chi connectivity index (χ2v) is 7.60. The molecule has 0 bridgehead atoms. The Kier molecular flexibility index (Phi) is 7.66. The molecule has 0 saturated carbocycles. The van der Waals surface area contributed by atoms with Gasteiger partial charge >= 0.3 is 0 Å². The highest BCUT2D eigenvalue weighted by molar-refractivity contribution is 5.76. The van der Waals surface area contributed by atoms with Crippen LogP contribution < -0.4 is 9.47 Å². The molecule has 2 heterocycles. The zero-order valence-corrected chi connectivity index (χ0v) is 16.0. The Labute approximate surface area is 157 Å². The molecule has 26 heavy (non-hydrogen) atoms. The van der Waals surface area contributed by atoms with E-state index in [1.165, 1.54) is 63.4 Å². The lowest BCUT2D eigenvalue weighted by atomic mass is 10.0. The molecule has 0 radical (unpaired) electrons. The minimum absolute atomic E-state index is 0.352. The van der Waals surface area contributed by atoms with E-state index in [0.29, 0.717) is 12.7 Å². The summed E-state index contributed by atoms with van der Waals surface area (Å²) in [7, 11) is 0. The summed E-state index contributed by atoms with van der Waals surface area (Å²) in [6, 6.07) is 6.29. The zero-order chi connectivity index (χ0) is 18.0. The highest BCUT2D eigenvalue weighted by Crippen LogP contribution is 2.32. The number of hydrogen-bond acceptors (Lipinski definition) is 3. The zero-order valence-electron chi connectivity index (χ0n) is 16.0. The van der Waals surface area contributed by atoms with Gasteiger partial charge in [0.25, 0.3) is 0 Å². The van der Waals surface area contributed by atoms with Crippen molar-refractivity contribution in [1.29, 1.82) is 0 Å². The van der Waals surface area contributed by atoms with Crippen molar-refractivity contribution >= 4 is 5.91 Å². The molecule has 4 heteroatoms. The van der Waals surface area contributed by atoms with E-state index in [-0.39, 0.29) is 0 Å². The van der Waals surface area contributed by atoms with Gasteiger partial charge in [-0.1, -0.05) is 44.6 Å². The molecule has 1 amide bonds. The number of rotatable bonds is 11. The smallest absolute Gasteiger partial charge is 0.231 e. The third-order valence-corrected chi connectivity index (χ3v) is 5.50. The molecule has 0 N–H and O–H groups in total. The molecule has 1 fully saturated rings. The molecule has 2 aliphatic heterocycles. The standard InChI is InChI=1S/C22H33NO3/c24-22(23-15-9-10-16-23)12-8-6-4-2-1-3-5-7-11-19-13-14-20-21(17-19)26-18-25-20/h13-14,17H,1-12,15-16,18H2. The van der Waals surface area contributed by atoms with Crippen molar-refractivity contribution < 1.29 is 14.3 Å². The number of fused-ring (bicyclic) bond motifs is 1. The van der Waals surface area contributed by atoms with Gasteiger partial charge in [-0.2, -0.15) is 0 Å². The molecule has 0 spiro atoms. The van der Waals surface area contributed by atoms with Crippen molar-refractivity contribution in [3.05, 3.63) is 23.8 Å². The monoisotopic (exact) mass is 359 g/mol. The Bertz CT molecular complexity index is 567. The van der Waals surface area contributed by atoms with Gasteiger partial charge in [0, 0.05) is 19.5 Å². The van der Waals surface area contributed by atoms with Crippen LogP contribution in [0.3, 0.4) is 0 Å². The van der Waals surface area contributed by atoms with E-state index in [9.17, 15) is 4.79 Å². The Morgan fingerprint density at radius 2 is 1.50 bits per heavy atom. The SMILES string of the molecule is O=C(CCCCCCCCCCc1ccc2c(c1)OCO2)N1CCCC1. The largest absolute Gasteiger partial charge is 0.454 e. The van der Waals surface area contributed by atoms with Gasteiger partial charge in [0.05, 0.1) is 0 Å². The van der Waals surface area contributed by atoms with Crippen LogP contribution in [0.15, 0.2) is 18.2 Å². The van der Waals surface area contributed by atoms with Gasteiger partial charge in [-0.3, -0.25) is 4.79 Å². The summed E-state index contributed by atoms with van der Waals surface area (Å²) in [5, 5.41) is 0. The number of amides is 1. The van der Waals surface area contributed by atoms with Crippen LogP contribution in [0.2, 0.25) is 0 Å². The second kappa shape index (κ2) is 10.4. The molecule has 0 unspecified atom stereocenters. The van der Waals surface area contributed by atoms with E-state index in [1.54, 1.807) is 0 Å². The summed E-state index contributed by atoms with van der Waals surface area (Å²) in [5.41, 5.74) is 1.34. The van der Waals surface area contributed by atoms with Crippen LogP contribution in [-0.2, 0) is 11.2 Å². The minimum Gasteiger partial charge on any atom is -0.454 e. The Morgan fingerprint density at radius 3 is 2.27 bits per heavy atom. The molecular weight excluding hydrogens is 326 g/mol. The molecule has 1 aromatic rings. The molecule has 144 valence electrons. The minimum atomic E-state index is 0.352. The number of hydrogen-bond donors (Lipinski definition) is 0. The average Bonchev–Trinajstić information content (AvgIpc) is 3.34. The molecule has 3 rings (SSSR count). The van der Waals surface area contributed by atoms with Gasteiger partial charge in [0.15, 0.2) is 11.5 Å². The van der Waals surface area contributed by atoms with E-state index in [4.69, 9.17) is 9.47 Å². The highest BCUT2D eigenvalue weighted by Gasteiger charge is 2.16. The molecule has 0 atom stereocenters. The molecule has 1 saturated heterocycles.